The fourth-order valence-electron chi connectivity index (χ4n) is 2.37. The molecule has 5 nitrogen and oxygen atoms in total. The standard InChI is InChI=1S/C14H20N2O3/c1-19-13-6-4-11(5-7-13)15-14(18)9-16-8-2-3-12(16)10-17/h4-7,12,17H,2-3,8-10H2,1H3,(H,15,18)/t12-/m0/s1. The van der Waals surface area contributed by atoms with Gasteiger partial charge < -0.3 is 15.2 Å². The summed E-state index contributed by atoms with van der Waals surface area (Å²) in [6.07, 6.45) is 2.01. The van der Waals surface area contributed by atoms with E-state index >= 15 is 0 Å². The third-order valence-corrected chi connectivity index (χ3v) is 3.43. The van der Waals surface area contributed by atoms with Gasteiger partial charge in [0.15, 0.2) is 0 Å². The molecular weight excluding hydrogens is 244 g/mol. The lowest BCUT2D eigenvalue weighted by Gasteiger charge is -2.21. The number of hydrogen-bond acceptors (Lipinski definition) is 4. The van der Waals surface area contributed by atoms with E-state index in [0.717, 1.165) is 30.8 Å². The minimum atomic E-state index is -0.0504. The van der Waals surface area contributed by atoms with Gasteiger partial charge in [0.2, 0.25) is 5.91 Å². The molecule has 0 aromatic heterocycles. The van der Waals surface area contributed by atoms with E-state index in [1.807, 2.05) is 29.2 Å². The van der Waals surface area contributed by atoms with Gasteiger partial charge in [-0.05, 0) is 43.7 Å². The molecule has 0 saturated carbocycles. The van der Waals surface area contributed by atoms with Crippen molar-refractivity contribution in [3.05, 3.63) is 24.3 Å². The van der Waals surface area contributed by atoms with Gasteiger partial charge in [0.1, 0.15) is 5.75 Å². The molecule has 104 valence electrons. The van der Waals surface area contributed by atoms with Gasteiger partial charge in [-0.1, -0.05) is 0 Å². The Bertz CT molecular complexity index is 419. The van der Waals surface area contributed by atoms with Crippen LogP contribution in [0.25, 0.3) is 0 Å². The smallest absolute Gasteiger partial charge is 0.238 e. The van der Waals surface area contributed by atoms with Gasteiger partial charge in [0.05, 0.1) is 20.3 Å². The number of hydrogen-bond donors (Lipinski definition) is 2. The lowest BCUT2D eigenvalue weighted by Crippen LogP contribution is -2.38. The molecule has 0 bridgehead atoms. The van der Waals surface area contributed by atoms with Gasteiger partial charge in [0.25, 0.3) is 0 Å². The minimum absolute atomic E-state index is 0.0504. The molecule has 1 saturated heterocycles. The zero-order chi connectivity index (χ0) is 13.7. The molecule has 1 aromatic carbocycles. The predicted octanol–water partition coefficient (Wildman–Crippen LogP) is 1.09. The number of nitrogens with one attached hydrogen (secondary N) is 1. The summed E-state index contributed by atoms with van der Waals surface area (Å²) in [6.45, 7) is 1.33. The number of nitrogens with zero attached hydrogens (tertiary/aromatic N) is 1. The molecule has 1 aromatic rings. The summed E-state index contributed by atoms with van der Waals surface area (Å²) in [4.78, 5) is 13.9. The molecule has 1 amide bonds. The molecule has 0 aliphatic carbocycles. The monoisotopic (exact) mass is 264 g/mol. The number of carbonyl (C=O) groups excluding carboxylic acids is 1. The van der Waals surface area contributed by atoms with Crippen molar-refractivity contribution in [1.29, 1.82) is 0 Å². The number of rotatable bonds is 5. The first-order chi connectivity index (χ1) is 9.22. The van der Waals surface area contributed by atoms with Gasteiger partial charge in [0, 0.05) is 11.7 Å². The van der Waals surface area contributed by atoms with Crippen LogP contribution in [0.3, 0.4) is 0 Å². The molecule has 1 heterocycles. The maximum absolute atomic E-state index is 11.9. The van der Waals surface area contributed by atoms with Crippen molar-refractivity contribution in [1.82, 2.24) is 4.90 Å². The Morgan fingerprint density at radius 2 is 2.21 bits per heavy atom. The van der Waals surface area contributed by atoms with Crippen LogP contribution in [0.15, 0.2) is 24.3 Å². The SMILES string of the molecule is COc1ccc(NC(=O)CN2CCC[C@H]2CO)cc1. The summed E-state index contributed by atoms with van der Waals surface area (Å²) in [6, 6.07) is 7.36. The minimum Gasteiger partial charge on any atom is -0.497 e. The van der Waals surface area contributed by atoms with Crippen LogP contribution in [0.1, 0.15) is 12.8 Å². The molecular formula is C14H20N2O3. The summed E-state index contributed by atoms with van der Waals surface area (Å²) in [5.41, 5.74) is 0.755. The molecule has 0 radical (unpaired) electrons. The van der Waals surface area contributed by atoms with Crippen molar-refractivity contribution in [2.24, 2.45) is 0 Å². The molecule has 0 unspecified atom stereocenters. The number of methoxy groups -OCH3 is 1. The van der Waals surface area contributed by atoms with Crippen LogP contribution in [-0.2, 0) is 4.79 Å². The van der Waals surface area contributed by atoms with Crippen molar-refractivity contribution >= 4 is 11.6 Å². The van der Waals surface area contributed by atoms with Crippen molar-refractivity contribution < 1.29 is 14.6 Å². The molecule has 5 heteroatoms. The zero-order valence-electron chi connectivity index (χ0n) is 11.1. The molecule has 1 aliphatic heterocycles. The number of aliphatic hydroxyl groups is 1. The highest BCUT2D eigenvalue weighted by Gasteiger charge is 2.25. The molecule has 0 spiro atoms. The van der Waals surface area contributed by atoms with Crippen LogP contribution >= 0.6 is 0 Å². The van der Waals surface area contributed by atoms with Gasteiger partial charge in [-0.3, -0.25) is 9.69 Å². The average Bonchev–Trinajstić information content (AvgIpc) is 2.86. The zero-order valence-corrected chi connectivity index (χ0v) is 11.1. The lowest BCUT2D eigenvalue weighted by atomic mass is 10.2. The first-order valence-electron chi connectivity index (χ1n) is 6.51. The fourth-order valence-corrected chi connectivity index (χ4v) is 2.37. The number of amides is 1. The van der Waals surface area contributed by atoms with E-state index in [1.165, 1.54) is 0 Å². The first kappa shape index (κ1) is 13.8. The van der Waals surface area contributed by atoms with Crippen molar-refractivity contribution in [3.8, 4) is 5.75 Å². The molecule has 19 heavy (non-hydrogen) atoms. The topological polar surface area (TPSA) is 61.8 Å². The second kappa shape index (κ2) is 6.54. The number of ether oxygens (including phenoxy) is 1. The largest absolute Gasteiger partial charge is 0.497 e. The van der Waals surface area contributed by atoms with Gasteiger partial charge in [-0.15, -0.1) is 0 Å². The lowest BCUT2D eigenvalue weighted by molar-refractivity contribution is -0.117. The predicted molar refractivity (Wildman–Crippen MR) is 73.3 cm³/mol. The number of likely N-dealkylation sites (tertiary alicyclic amines) is 1. The number of benzene rings is 1. The summed E-state index contributed by atoms with van der Waals surface area (Å²) in [5, 5.41) is 12.1. The van der Waals surface area contributed by atoms with E-state index in [0.29, 0.717) is 6.54 Å². The summed E-state index contributed by atoms with van der Waals surface area (Å²) < 4.78 is 5.06. The van der Waals surface area contributed by atoms with E-state index in [2.05, 4.69) is 5.32 Å². The normalized spacial score (nSPS) is 19.4. The summed E-state index contributed by atoms with van der Waals surface area (Å²) in [5.74, 6) is 0.711. The third kappa shape index (κ3) is 3.68. The maximum atomic E-state index is 11.9. The van der Waals surface area contributed by atoms with Gasteiger partial charge in [-0.25, -0.2) is 0 Å². The Balaban J connectivity index is 1.86. The highest BCUT2D eigenvalue weighted by atomic mass is 16.5. The molecule has 1 atom stereocenters. The highest BCUT2D eigenvalue weighted by molar-refractivity contribution is 5.92. The maximum Gasteiger partial charge on any atom is 0.238 e. The number of aliphatic hydroxyl groups excluding tert-OH is 1. The Morgan fingerprint density at radius 3 is 2.84 bits per heavy atom. The van der Waals surface area contributed by atoms with Crippen molar-refractivity contribution in [2.45, 2.75) is 18.9 Å². The van der Waals surface area contributed by atoms with E-state index in [1.54, 1.807) is 7.11 Å². The summed E-state index contributed by atoms with van der Waals surface area (Å²) >= 11 is 0. The van der Waals surface area contributed by atoms with Crippen molar-refractivity contribution in [2.75, 3.05) is 32.1 Å². The average molecular weight is 264 g/mol. The van der Waals surface area contributed by atoms with Crippen LogP contribution in [0.5, 0.6) is 5.75 Å². The van der Waals surface area contributed by atoms with Crippen LogP contribution in [0.4, 0.5) is 5.69 Å². The van der Waals surface area contributed by atoms with Crippen LogP contribution < -0.4 is 10.1 Å². The van der Waals surface area contributed by atoms with Crippen LogP contribution in [0.2, 0.25) is 0 Å². The van der Waals surface area contributed by atoms with Gasteiger partial charge in [-0.2, -0.15) is 0 Å². The van der Waals surface area contributed by atoms with Crippen LogP contribution in [0, 0.1) is 0 Å². The fraction of sp³-hybridized carbons (Fsp3) is 0.500. The van der Waals surface area contributed by atoms with E-state index in [4.69, 9.17) is 4.74 Å². The van der Waals surface area contributed by atoms with Crippen molar-refractivity contribution in [3.63, 3.8) is 0 Å². The van der Waals surface area contributed by atoms with Crippen LogP contribution in [-0.4, -0.2) is 48.8 Å². The molecule has 2 rings (SSSR count). The third-order valence-electron chi connectivity index (χ3n) is 3.43. The summed E-state index contributed by atoms with van der Waals surface area (Å²) in [7, 11) is 1.61. The first-order valence-corrected chi connectivity index (χ1v) is 6.51. The number of anilines is 1. The molecule has 1 aliphatic rings. The molecule has 1 fully saturated rings. The van der Waals surface area contributed by atoms with Gasteiger partial charge >= 0.3 is 0 Å². The number of carbonyl (C=O) groups is 1. The van der Waals surface area contributed by atoms with E-state index in [9.17, 15) is 9.90 Å². The second-order valence-corrected chi connectivity index (χ2v) is 4.73. The Kier molecular flexibility index (Phi) is 4.76. The Morgan fingerprint density at radius 1 is 1.47 bits per heavy atom. The van der Waals surface area contributed by atoms with E-state index < -0.39 is 0 Å². The quantitative estimate of drug-likeness (QED) is 0.835. The Hall–Kier alpha value is -1.59. The highest BCUT2D eigenvalue weighted by Crippen LogP contribution is 2.17. The molecule has 2 N–H and O–H groups in total. The Labute approximate surface area is 113 Å². The second-order valence-electron chi connectivity index (χ2n) is 4.73. The van der Waals surface area contributed by atoms with E-state index in [-0.39, 0.29) is 18.6 Å².